The van der Waals surface area contributed by atoms with E-state index in [2.05, 4.69) is 69.7 Å². The summed E-state index contributed by atoms with van der Waals surface area (Å²) in [4.78, 5) is 5.65. The van der Waals surface area contributed by atoms with Gasteiger partial charge in [0.15, 0.2) is 4.96 Å². The molecule has 3 nitrogen and oxygen atoms in total. The van der Waals surface area contributed by atoms with Gasteiger partial charge in [-0.1, -0.05) is 30.3 Å². The Hall–Kier alpha value is -1.65. The molecule has 1 unspecified atom stereocenters. The first kappa shape index (κ1) is 13.3. The largest absolute Gasteiger partial charge is 0.309 e. The molecule has 20 heavy (non-hydrogen) atoms. The lowest BCUT2D eigenvalue weighted by Crippen LogP contribution is -2.26. The molecule has 1 atom stereocenters. The van der Waals surface area contributed by atoms with Crippen LogP contribution in [0.5, 0.6) is 0 Å². The number of nitrogens with zero attached hydrogens (tertiary/aromatic N) is 2. The Labute approximate surface area is 123 Å². The summed E-state index contributed by atoms with van der Waals surface area (Å²) >= 11 is 1.67. The van der Waals surface area contributed by atoms with Crippen LogP contribution < -0.4 is 5.32 Å². The molecular weight excluding hydrogens is 266 g/mol. The summed E-state index contributed by atoms with van der Waals surface area (Å²) < 4.78 is 2.08. The van der Waals surface area contributed by atoms with Gasteiger partial charge in [-0.3, -0.25) is 4.40 Å². The van der Waals surface area contributed by atoms with Crippen LogP contribution in [0.25, 0.3) is 4.96 Å². The lowest BCUT2D eigenvalue weighted by molar-refractivity contribution is 0.510. The number of aryl methyl sites for hydroxylation is 1. The van der Waals surface area contributed by atoms with Crippen molar-refractivity contribution < 1.29 is 0 Å². The quantitative estimate of drug-likeness (QED) is 0.751. The third kappa shape index (κ3) is 3.26. The van der Waals surface area contributed by atoms with E-state index >= 15 is 0 Å². The molecule has 0 bridgehead atoms. The van der Waals surface area contributed by atoms with Gasteiger partial charge in [-0.2, -0.15) is 0 Å². The highest BCUT2D eigenvalue weighted by Crippen LogP contribution is 2.11. The second-order valence-electron chi connectivity index (χ2n) is 5.13. The van der Waals surface area contributed by atoms with E-state index in [4.69, 9.17) is 0 Å². The third-order valence-electron chi connectivity index (χ3n) is 3.48. The third-order valence-corrected chi connectivity index (χ3v) is 4.25. The number of benzene rings is 1. The SMILES string of the molecule is CC(CCc1ccccc1)NCc1cn2ccsc2n1. The van der Waals surface area contributed by atoms with Crippen molar-refractivity contribution in [3.63, 3.8) is 0 Å². The van der Waals surface area contributed by atoms with Crippen molar-refractivity contribution in [2.75, 3.05) is 0 Å². The molecule has 4 heteroatoms. The van der Waals surface area contributed by atoms with Gasteiger partial charge in [0, 0.05) is 30.4 Å². The highest BCUT2D eigenvalue weighted by Gasteiger charge is 2.05. The summed E-state index contributed by atoms with van der Waals surface area (Å²) in [6.07, 6.45) is 6.41. The molecule has 0 amide bonds. The van der Waals surface area contributed by atoms with Crippen LogP contribution in [0.15, 0.2) is 48.1 Å². The second-order valence-corrected chi connectivity index (χ2v) is 6.00. The predicted molar refractivity (Wildman–Crippen MR) is 84.1 cm³/mol. The molecule has 0 fully saturated rings. The molecule has 0 radical (unpaired) electrons. The van der Waals surface area contributed by atoms with Crippen LogP contribution in [0.3, 0.4) is 0 Å². The van der Waals surface area contributed by atoms with Crippen LogP contribution in [0, 0.1) is 0 Å². The highest BCUT2D eigenvalue weighted by atomic mass is 32.1. The molecule has 0 aliphatic carbocycles. The molecular formula is C16H19N3S. The highest BCUT2D eigenvalue weighted by molar-refractivity contribution is 7.15. The monoisotopic (exact) mass is 285 g/mol. The maximum atomic E-state index is 4.58. The fourth-order valence-corrected chi connectivity index (χ4v) is 2.99. The Balaban J connectivity index is 1.47. The lowest BCUT2D eigenvalue weighted by Gasteiger charge is -2.12. The number of thiazole rings is 1. The topological polar surface area (TPSA) is 29.3 Å². The van der Waals surface area contributed by atoms with Crippen LogP contribution in [0.1, 0.15) is 24.6 Å². The van der Waals surface area contributed by atoms with E-state index in [0.29, 0.717) is 6.04 Å². The number of hydrogen-bond donors (Lipinski definition) is 1. The predicted octanol–water partition coefficient (Wildman–Crippen LogP) is 3.51. The molecule has 3 aromatic rings. The molecule has 2 aromatic heterocycles. The van der Waals surface area contributed by atoms with Gasteiger partial charge in [0.25, 0.3) is 0 Å². The van der Waals surface area contributed by atoms with Crippen molar-refractivity contribution in [1.82, 2.24) is 14.7 Å². The van der Waals surface area contributed by atoms with Gasteiger partial charge in [-0.05, 0) is 25.3 Å². The zero-order valence-electron chi connectivity index (χ0n) is 11.6. The maximum Gasteiger partial charge on any atom is 0.193 e. The summed E-state index contributed by atoms with van der Waals surface area (Å²) in [7, 11) is 0. The number of rotatable bonds is 6. The summed E-state index contributed by atoms with van der Waals surface area (Å²) in [5, 5.41) is 5.61. The van der Waals surface area contributed by atoms with Gasteiger partial charge in [0.1, 0.15) is 0 Å². The van der Waals surface area contributed by atoms with Gasteiger partial charge in [-0.25, -0.2) is 4.98 Å². The van der Waals surface area contributed by atoms with E-state index in [1.165, 1.54) is 5.56 Å². The first-order valence-electron chi connectivity index (χ1n) is 6.99. The van der Waals surface area contributed by atoms with E-state index in [-0.39, 0.29) is 0 Å². The zero-order valence-corrected chi connectivity index (χ0v) is 12.4. The van der Waals surface area contributed by atoms with E-state index in [1.807, 2.05) is 0 Å². The smallest absolute Gasteiger partial charge is 0.193 e. The molecule has 0 aliphatic rings. The van der Waals surface area contributed by atoms with Crippen molar-refractivity contribution in [3.05, 3.63) is 59.4 Å². The summed E-state index contributed by atoms with van der Waals surface area (Å²) in [5.41, 5.74) is 2.52. The Morgan fingerprint density at radius 1 is 1.30 bits per heavy atom. The Bertz CT molecular complexity index is 628. The van der Waals surface area contributed by atoms with Crippen molar-refractivity contribution in [1.29, 1.82) is 0 Å². The van der Waals surface area contributed by atoms with Gasteiger partial charge in [-0.15, -0.1) is 11.3 Å². The van der Waals surface area contributed by atoms with Gasteiger partial charge < -0.3 is 5.32 Å². The van der Waals surface area contributed by atoms with Crippen molar-refractivity contribution in [3.8, 4) is 0 Å². The minimum Gasteiger partial charge on any atom is -0.309 e. The van der Waals surface area contributed by atoms with Gasteiger partial charge in [0.05, 0.1) is 5.69 Å². The number of aromatic nitrogens is 2. The van der Waals surface area contributed by atoms with E-state index in [9.17, 15) is 0 Å². The maximum absolute atomic E-state index is 4.58. The molecule has 2 heterocycles. The average Bonchev–Trinajstić information content (AvgIpc) is 3.05. The summed E-state index contributed by atoms with van der Waals surface area (Å²) in [6, 6.07) is 11.1. The van der Waals surface area contributed by atoms with E-state index in [0.717, 1.165) is 30.0 Å². The molecule has 1 aromatic carbocycles. The van der Waals surface area contributed by atoms with Crippen LogP contribution in [-0.4, -0.2) is 15.4 Å². The Kier molecular flexibility index (Phi) is 4.14. The molecule has 1 N–H and O–H groups in total. The minimum atomic E-state index is 0.495. The van der Waals surface area contributed by atoms with Gasteiger partial charge >= 0.3 is 0 Å². The number of fused-ring (bicyclic) bond motifs is 1. The molecule has 104 valence electrons. The molecule has 0 aliphatic heterocycles. The average molecular weight is 285 g/mol. The normalized spacial score (nSPS) is 12.8. The van der Waals surface area contributed by atoms with Crippen molar-refractivity contribution >= 4 is 16.3 Å². The molecule has 0 saturated heterocycles. The molecule has 0 spiro atoms. The first-order chi connectivity index (χ1) is 9.81. The number of imidazole rings is 1. The van der Waals surface area contributed by atoms with Crippen LogP contribution in [-0.2, 0) is 13.0 Å². The minimum absolute atomic E-state index is 0.495. The fraction of sp³-hybridized carbons (Fsp3) is 0.312. The lowest BCUT2D eigenvalue weighted by atomic mass is 10.1. The number of hydrogen-bond acceptors (Lipinski definition) is 3. The molecule has 0 saturated carbocycles. The van der Waals surface area contributed by atoms with E-state index < -0.39 is 0 Å². The standard InChI is InChI=1S/C16H19N3S/c1-13(7-8-14-5-3-2-4-6-14)17-11-15-12-19-9-10-20-16(19)18-15/h2-6,9-10,12-13,17H,7-8,11H2,1H3. The zero-order chi connectivity index (χ0) is 13.8. The van der Waals surface area contributed by atoms with E-state index in [1.54, 1.807) is 11.3 Å². The van der Waals surface area contributed by atoms with Crippen LogP contribution >= 0.6 is 11.3 Å². The summed E-state index contributed by atoms with van der Waals surface area (Å²) in [6.45, 7) is 3.08. The first-order valence-corrected chi connectivity index (χ1v) is 7.87. The van der Waals surface area contributed by atoms with Gasteiger partial charge in [0.2, 0.25) is 0 Å². The molecule has 3 rings (SSSR count). The summed E-state index contributed by atoms with van der Waals surface area (Å²) in [5.74, 6) is 0. The Morgan fingerprint density at radius 3 is 2.95 bits per heavy atom. The van der Waals surface area contributed by atoms with Crippen LogP contribution in [0.4, 0.5) is 0 Å². The fourth-order valence-electron chi connectivity index (χ4n) is 2.27. The van der Waals surface area contributed by atoms with Crippen molar-refractivity contribution in [2.24, 2.45) is 0 Å². The second kappa shape index (κ2) is 6.20. The van der Waals surface area contributed by atoms with Crippen molar-refractivity contribution in [2.45, 2.75) is 32.4 Å². The van der Waals surface area contributed by atoms with Crippen LogP contribution in [0.2, 0.25) is 0 Å². The number of nitrogens with one attached hydrogen (secondary N) is 1. The Morgan fingerprint density at radius 2 is 2.15 bits per heavy atom.